The number of alkyl carbamates (subject to hydrolysis) is 1. The molecule has 3 N–H and O–H groups in total. The Kier molecular flexibility index (Phi) is 11.7. The average Bonchev–Trinajstić information content (AvgIpc) is 3.99. The van der Waals surface area contributed by atoms with Gasteiger partial charge in [-0.05, 0) is 106 Å². The van der Waals surface area contributed by atoms with Crippen molar-refractivity contribution in [2.24, 2.45) is 35.0 Å². The number of alkyl halides is 2. The molecule has 1 aromatic carbocycles. The second kappa shape index (κ2) is 16.3. The largest absolute Gasteiger partial charge is 0.497 e. The van der Waals surface area contributed by atoms with Crippen LogP contribution < -0.4 is 24.8 Å². The highest BCUT2D eigenvalue weighted by atomic mass is 32.2. The molecule has 340 valence electrons. The summed E-state index contributed by atoms with van der Waals surface area (Å²) in [4.78, 5) is 68.8. The van der Waals surface area contributed by atoms with Crippen molar-refractivity contribution in [3.8, 4) is 11.6 Å². The van der Waals surface area contributed by atoms with Gasteiger partial charge in [-0.15, -0.1) is 0 Å². The third-order valence-corrected chi connectivity index (χ3v) is 16.9. The van der Waals surface area contributed by atoms with E-state index in [9.17, 15) is 31.6 Å². The van der Waals surface area contributed by atoms with E-state index in [1.165, 1.54) is 11.8 Å². The van der Waals surface area contributed by atoms with Gasteiger partial charge in [0.2, 0.25) is 34.1 Å². The molecule has 6 aliphatic rings. The lowest BCUT2D eigenvalue weighted by molar-refractivity contribution is -0.144. The zero-order valence-electron chi connectivity index (χ0n) is 36.4. The molecule has 4 saturated carbocycles. The Labute approximate surface area is 361 Å². The predicted molar refractivity (Wildman–Crippen MR) is 223 cm³/mol. The number of carbonyl (C=O) groups excluding carboxylic acids is 4. The standard InChI is InChI=1S/C44H60F2N6O9S/c1-7-26-32-22-52(33(26)37(53)50-44(21-28(44)36(45)46)40(55)51-62(57,58)43(5)17-18-43)39(54)35(42(2,3)4)49-41(56)61-34-24-14-13-23(19-24)27(34)11-9-8-10-12-30-38(60-32)48-31-20-25(59-6)15-16-29(31)47-30/h15-16,20,23-24,26-28,32-36H,7-14,17-19,21-22H2,1-6H3,(H,49,56)(H,50,53)(H,51,55)/t23-,24+,26-,27-,28+,32+,33+,34-,35-,44-/m1/s1. The van der Waals surface area contributed by atoms with Crippen LogP contribution in [-0.2, 0) is 35.6 Å². The van der Waals surface area contributed by atoms with Crippen LogP contribution in [0.15, 0.2) is 18.2 Å². The number of aromatic nitrogens is 2. The Morgan fingerprint density at radius 3 is 2.45 bits per heavy atom. The highest BCUT2D eigenvalue weighted by molar-refractivity contribution is 7.91. The van der Waals surface area contributed by atoms with Crippen molar-refractivity contribution in [2.45, 2.75) is 153 Å². The number of nitrogens with zero attached hydrogens (tertiary/aromatic N) is 3. The number of sulfonamides is 1. The Morgan fingerprint density at radius 2 is 1.79 bits per heavy atom. The molecule has 62 heavy (non-hydrogen) atoms. The predicted octanol–water partition coefficient (Wildman–Crippen LogP) is 5.43. The van der Waals surface area contributed by atoms with Crippen molar-refractivity contribution >= 4 is 44.9 Å². The van der Waals surface area contributed by atoms with Gasteiger partial charge in [-0.2, -0.15) is 0 Å². The molecule has 8 rings (SSSR count). The highest BCUT2D eigenvalue weighted by Crippen LogP contribution is 2.52. The fourth-order valence-electron chi connectivity index (χ4n) is 10.6. The topological polar surface area (TPSA) is 195 Å². The Balaban J connectivity index is 1.17. The number of amides is 4. The van der Waals surface area contributed by atoms with Crippen molar-refractivity contribution in [3.63, 3.8) is 0 Å². The summed E-state index contributed by atoms with van der Waals surface area (Å²) < 4.78 is 74.4. The van der Waals surface area contributed by atoms with Crippen molar-refractivity contribution < 1.29 is 50.6 Å². The monoisotopic (exact) mass is 886 g/mol. The van der Waals surface area contributed by atoms with Gasteiger partial charge in [0.25, 0.3) is 5.91 Å². The molecule has 4 aliphatic carbocycles. The molecule has 10 atom stereocenters. The molecule has 3 heterocycles. The first-order chi connectivity index (χ1) is 29.3. The highest BCUT2D eigenvalue weighted by Gasteiger charge is 2.68. The number of ether oxygens (including phenoxy) is 3. The van der Waals surface area contributed by atoms with E-state index >= 15 is 4.79 Å². The minimum atomic E-state index is -4.25. The number of rotatable bonds is 8. The van der Waals surface area contributed by atoms with E-state index in [1.807, 2.05) is 10.8 Å². The van der Waals surface area contributed by atoms with Crippen LogP contribution in [0.5, 0.6) is 11.6 Å². The maximum absolute atomic E-state index is 15.1. The van der Waals surface area contributed by atoms with Crippen LogP contribution >= 0.6 is 0 Å². The van der Waals surface area contributed by atoms with Gasteiger partial charge < -0.3 is 29.7 Å². The van der Waals surface area contributed by atoms with E-state index in [0.29, 0.717) is 47.7 Å². The van der Waals surface area contributed by atoms with Gasteiger partial charge in [-0.1, -0.05) is 40.5 Å². The normalized spacial score (nSPS) is 33.3. The van der Waals surface area contributed by atoms with Crippen LogP contribution in [0.2, 0.25) is 0 Å². The number of benzene rings is 1. The van der Waals surface area contributed by atoms with Crippen LogP contribution in [0.1, 0.15) is 111 Å². The molecule has 15 nitrogen and oxygen atoms in total. The van der Waals surface area contributed by atoms with E-state index in [0.717, 1.165) is 44.9 Å². The first-order valence-corrected chi connectivity index (χ1v) is 23.7. The smallest absolute Gasteiger partial charge is 0.408 e. The maximum atomic E-state index is 15.1. The van der Waals surface area contributed by atoms with Gasteiger partial charge >= 0.3 is 6.09 Å². The molecule has 5 fully saturated rings. The summed E-state index contributed by atoms with van der Waals surface area (Å²) in [6.45, 7) is 8.43. The molecule has 18 heteroatoms. The molecular formula is C44H60F2N6O9S. The fraction of sp³-hybridized carbons (Fsp3) is 0.727. The molecule has 2 aliphatic heterocycles. The summed E-state index contributed by atoms with van der Waals surface area (Å²) in [5, 5.41) is 5.40. The summed E-state index contributed by atoms with van der Waals surface area (Å²) in [7, 11) is -2.70. The lowest BCUT2D eigenvalue weighted by Gasteiger charge is -2.37. The van der Waals surface area contributed by atoms with Gasteiger partial charge in [0, 0.05) is 12.0 Å². The molecule has 1 saturated heterocycles. The SMILES string of the molecule is CC[C@@H]1[C@@H]2CN(C(=O)[C@H](C(C)(C)C)NC(=O)O[C@@H]3[C@H]4CC[C@H](C4)[C@H]3CCCCCc3nc4ccc(OC)cc4nc3O2)[C@@H]1C(=O)N[C@]1(C(=O)NS(=O)(=O)C2(C)CC2)C[C@H]1C(F)F. The third kappa shape index (κ3) is 8.17. The zero-order chi connectivity index (χ0) is 44.5. The van der Waals surface area contributed by atoms with Crippen molar-refractivity contribution in [3.05, 3.63) is 23.9 Å². The van der Waals surface area contributed by atoms with E-state index in [2.05, 4.69) is 10.6 Å². The second-order valence-electron chi connectivity index (χ2n) is 19.9. The van der Waals surface area contributed by atoms with Crippen LogP contribution in [0, 0.1) is 35.0 Å². The lowest BCUT2D eigenvalue weighted by Crippen LogP contribution is -2.61. The minimum absolute atomic E-state index is 0.172. The van der Waals surface area contributed by atoms with Gasteiger partial charge in [-0.25, -0.2) is 32.0 Å². The average molecular weight is 887 g/mol. The zero-order valence-corrected chi connectivity index (χ0v) is 37.2. The number of carbonyl (C=O) groups is 4. The van der Waals surface area contributed by atoms with Crippen LogP contribution in [0.3, 0.4) is 0 Å². The number of hydrogen-bond acceptors (Lipinski definition) is 11. The molecular weight excluding hydrogens is 827 g/mol. The van der Waals surface area contributed by atoms with Crippen LogP contribution in [0.4, 0.5) is 13.6 Å². The van der Waals surface area contributed by atoms with E-state index < -0.39 is 92.4 Å². The molecule has 2 aromatic rings. The van der Waals surface area contributed by atoms with Crippen molar-refractivity contribution in [2.75, 3.05) is 13.7 Å². The molecule has 0 radical (unpaired) electrons. The second-order valence-corrected chi connectivity index (χ2v) is 22.1. The van der Waals surface area contributed by atoms with E-state index in [1.54, 1.807) is 46.9 Å². The van der Waals surface area contributed by atoms with Crippen LogP contribution in [-0.4, -0.2) is 102 Å². The minimum Gasteiger partial charge on any atom is -0.497 e. The van der Waals surface area contributed by atoms with Crippen molar-refractivity contribution in [1.29, 1.82) is 0 Å². The first-order valence-electron chi connectivity index (χ1n) is 22.2. The molecule has 0 unspecified atom stereocenters. The summed E-state index contributed by atoms with van der Waals surface area (Å²) in [6, 6.07) is 2.75. The number of aryl methyl sites for hydroxylation is 1. The third-order valence-electron chi connectivity index (χ3n) is 14.8. The summed E-state index contributed by atoms with van der Waals surface area (Å²) in [6.07, 6.45) is 2.43. The number of nitrogens with one attached hydrogen (secondary N) is 3. The van der Waals surface area contributed by atoms with Gasteiger partial charge in [0.15, 0.2) is 0 Å². The Hall–Kier alpha value is -4.35. The summed E-state index contributed by atoms with van der Waals surface area (Å²) >= 11 is 0. The Morgan fingerprint density at radius 1 is 1.05 bits per heavy atom. The first kappa shape index (κ1) is 44.3. The van der Waals surface area contributed by atoms with Gasteiger partial charge in [0.05, 0.1) is 35.4 Å². The fourth-order valence-corrected chi connectivity index (χ4v) is 12.0. The molecule has 1 aromatic heterocycles. The van der Waals surface area contributed by atoms with Crippen LogP contribution in [0.25, 0.3) is 11.0 Å². The molecule has 4 amide bonds. The number of hydrogen-bond donors (Lipinski definition) is 3. The quantitative estimate of drug-likeness (QED) is 0.306. The number of methoxy groups -OCH3 is 1. The van der Waals surface area contributed by atoms with E-state index in [4.69, 9.17) is 24.2 Å². The maximum Gasteiger partial charge on any atom is 0.408 e. The Bertz CT molecular complexity index is 2220. The number of halogens is 2. The van der Waals surface area contributed by atoms with Gasteiger partial charge in [-0.3, -0.25) is 19.1 Å². The molecule has 0 spiro atoms. The number of fused-ring (bicyclic) bond motifs is 9. The lowest BCUT2D eigenvalue weighted by atomic mass is 9.82. The van der Waals surface area contributed by atoms with E-state index in [-0.39, 0.29) is 36.8 Å². The molecule has 4 bridgehead atoms. The summed E-state index contributed by atoms with van der Waals surface area (Å²) in [5.41, 5.74) is -1.42. The summed E-state index contributed by atoms with van der Waals surface area (Å²) in [5.74, 6) is -3.59. The van der Waals surface area contributed by atoms with Gasteiger partial charge in [0.1, 0.15) is 41.3 Å². The van der Waals surface area contributed by atoms with Crippen molar-refractivity contribution in [1.82, 2.24) is 30.2 Å².